The van der Waals surface area contributed by atoms with Crippen molar-refractivity contribution < 1.29 is 9.59 Å². The Bertz CT molecular complexity index is 427. The van der Waals surface area contributed by atoms with Gasteiger partial charge in [0, 0.05) is 10.4 Å². The predicted octanol–water partition coefficient (Wildman–Crippen LogP) is 1.55. The molecule has 1 aromatic rings. The van der Waals surface area contributed by atoms with Crippen LogP contribution in [0.2, 0.25) is 0 Å². The topological polar surface area (TPSA) is 58.2 Å². The van der Waals surface area contributed by atoms with Gasteiger partial charge in [-0.3, -0.25) is 20.4 Å². The van der Waals surface area contributed by atoms with Crippen molar-refractivity contribution in [2.75, 3.05) is 0 Å². The monoisotopic (exact) mass is 296 g/mol. The van der Waals surface area contributed by atoms with E-state index in [1.54, 1.807) is 0 Å². The third-order valence-electron chi connectivity index (χ3n) is 2.55. The van der Waals surface area contributed by atoms with Crippen molar-refractivity contribution in [2.45, 2.75) is 19.3 Å². The Morgan fingerprint density at radius 2 is 1.82 bits per heavy atom. The molecule has 0 atom stereocenters. The molecular weight excluding hydrogens is 284 g/mol. The van der Waals surface area contributed by atoms with Crippen molar-refractivity contribution >= 4 is 27.7 Å². The van der Waals surface area contributed by atoms with Crippen molar-refractivity contribution in [3.63, 3.8) is 0 Å². The van der Waals surface area contributed by atoms with Gasteiger partial charge < -0.3 is 0 Å². The van der Waals surface area contributed by atoms with Gasteiger partial charge in [-0.05, 0) is 30.5 Å². The second kappa shape index (κ2) is 5.31. The fraction of sp³-hybridized carbons (Fsp3) is 0.333. The average Bonchev–Trinajstić information content (AvgIpc) is 3.13. The first kappa shape index (κ1) is 12.1. The molecule has 0 radical (unpaired) electrons. The van der Waals surface area contributed by atoms with Crippen molar-refractivity contribution in [1.82, 2.24) is 10.9 Å². The molecule has 0 unspecified atom stereocenters. The lowest BCUT2D eigenvalue weighted by Crippen LogP contribution is -2.43. The van der Waals surface area contributed by atoms with Crippen LogP contribution in [-0.4, -0.2) is 11.8 Å². The van der Waals surface area contributed by atoms with E-state index in [4.69, 9.17) is 0 Å². The van der Waals surface area contributed by atoms with E-state index < -0.39 is 0 Å². The standard InChI is InChI=1S/C12H13BrN2O2/c13-10-5-1-8(2-6-10)7-11(16)14-15-12(17)9-3-4-9/h1-2,5-6,9H,3-4,7H2,(H,14,16)(H,15,17). The molecule has 5 heteroatoms. The minimum atomic E-state index is -0.207. The van der Waals surface area contributed by atoms with Gasteiger partial charge in [0.15, 0.2) is 0 Å². The highest BCUT2D eigenvalue weighted by Crippen LogP contribution is 2.28. The van der Waals surface area contributed by atoms with E-state index in [2.05, 4.69) is 26.8 Å². The molecule has 0 heterocycles. The Hall–Kier alpha value is -1.36. The molecule has 2 amide bonds. The van der Waals surface area contributed by atoms with Crippen molar-refractivity contribution in [3.8, 4) is 0 Å². The van der Waals surface area contributed by atoms with Crippen LogP contribution in [-0.2, 0) is 16.0 Å². The number of amides is 2. The Labute approximate surface area is 108 Å². The summed E-state index contributed by atoms with van der Waals surface area (Å²) in [4.78, 5) is 22.8. The highest BCUT2D eigenvalue weighted by atomic mass is 79.9. The predicted molar refractivity (Wildman–Crippen MR) is 66.9 cm³/mol. The van der Waals surface area contributed by atoms with E-state index in [0.29, 0.717) is 0 Å². The smallest absolute Gasteiger partial charge is 0.242 e. The zero-order chi connectivity index (χ0) is 12.3. The lowest BCUT2D eigenvalue weighted by atomic mass is 10.1. The number of rotatable bonds is 3. The number of hydrogen-bond donors (Lipinski definition) is 2. The van der Waals surface area contributed by atoms with Crippen LogP contribution in [0.15, 0.2) is 28.7 Å². The van der Waals surface area contributed by atoms with Gasteiger partial charge >= 0.3 is 0 Å². The van der Waals surface area contributed by atoms with Crippen LogP contribution in [0.1, 0.15) is 18.4 Å². The van der Waals surface area contributed by atoms with Crippen LogP contribution in [0.3, 0.4) is 0 Å². The van der Waals surface area contributed by atoms with E-state index >= 15 is 0 Å². The van der Waals surface area contributed by atoms with Crippen LogP contribution in [0, 0.1) is 5.92 Å². The molecule has 1 fully saturated rings. The zero-order valence-corrected chi connectivity index (χ0v) is 10.8. The first-order valence-corrected chi connectivity index (χ1v) is 6.27. The third kappa shape index (κ3) is 3.85. The molecule has 0 bridgehead atoms. The van der Waals surface area contributed by atoms with Crippen LogP contribution in [0.4, 0.5) is 0 Å². The van der Waals surface area contributed by atoms with Gasteiger partial charge in [0.2, 0.25) is 11.8 Å². The molecule has 2 rings (SSSR count). The quantitative estimate of drug-likeness (QED) is 0.832. The minimum absolute atomic E-state index is 0.0887. The van der Waals surface area contributed by atoms with Crippen LogP contribution >= 0.6 is 15.9 Å². The Kier molecular flexibility index (Phi) is 3.78. The van der Waals surface area contributed by atoms with Gasteiger partial charge in [-0.25, -0.2) is 0 Å². The molecule has 1 aliphatic rings. The first-order chi connectivity index (χ1) is 8.15. The second-order valence-corrected chi connectivity index (χ2v) is 5.03. The number of benzene rings is 1. The van der Waals surface area contributed by atoms with Gasteiger partial charge in [-0.2, -0.15) is 0 Å². The number of hydrazine groups is 1. The van der Waals surface area contributed by atoms with E-state index in [1.807, 2.05) is 24.3 Å². The summed E-state index contributed by atoms with van der Waals surface area (Å²) in [5.41, 5.74) is 5.75. The normalized spacial score (nSPS) is 14.2. The molecule has 0 aliphatic heterocycles. The molecule has 0 spiro atoms. The minimum Gasteiger partial charge on any atom is -0.273 e. The number of nitrogens with one attached hydrogen (secondary N) is 2. The van der Waals surface area contributed by atoms with Crippen molar-refractivity contribution in [2.24, 2.45) is 5.92 Å². The van der Waals surface area contributed by atoms with Crippen molar-refractivity contribution in [3.05, 3.63) is 34.3 Å². The van der Waals surface area contributed by atoms with Gasteiger partial charge in [-0.15, -0.1) is 0 Å². The molecule has 0 aromatic heterocycles. The molecular formula is C12H13BrN2O2. The summed E-state index contributed by atoms with van der Waals surface area (Å²) in [6, 6.07) is 7.50. The molecule has 90 valence electrons. The highest BCUT2D eigenvalue weighted by molar-refractivity contribution is 9.10. The van der Waals surface area contributed by atoms with Gasteiger partial charge in [0.1, 0.15) is 0 Å². The molecule has 1 aromatic carbocycles. The molecule has 1 aliphatic carbocycles. The fourth-order valence-electron chi connectivity index (χ4n) is 1.41. The lowest BCUT2D eigenvalue weighted by molar-refractivity contribution is -0.129. The van der Waals surface area contributed by atoms with E-state index in [9.17, 15) is 9.59 Å². The third-order valence-corrected chi connectivity index (χ3v) is 3.08. The van der Waals surface area contributed by atoms with Gasteiger partial charge in [-0.1, -0.05) is 28.1 Å². The molecule has 4 nitrogen and oxygen atoms in total. The Morgan fingerprint density at radius 3 is 2.41 bits per heavy atom. The SMILES string of the molecule is O=C(Cc1ccc(Br)cc1)NNC(=O)C1CC1. The van der Waals surface area contributed by atoms with E-state index in [-0.39, 0.29) is 24.2 Å². The number of carbonyl (C=O) groups is 2. The molecule has 17 heavy (non-hydrogen) atoms. The summed E-state index contributed by atoms with van der Waals surface area (Å²) in [6.45, 7) is 0. The summed E-state index contributed by atoms with van der Waals surface area (Å²) in [6.07, 6.45) is 2.11. The summed E-state index contributed by atoms with van der Waals surface area (Å²) in [5.74, 6) is -0.196. The molecule has 1 saturated carbocycles. The summed E-state index contributed by atoms with van der Waals surface area (Å²) in [7, 11) is 0. The Balaban J connectivity index is 1.76. The van der Waals surface area contributed by atoms with E-state index in [0.717, 1.165) is 22.9 Å². The fourth-order valence-corrected chi connectivity index (χ4v) is 1.68. The molecule has 0 saturated heterocycles. The van der Waals surface area contributed by atoms with Crippen molar-refractivity contribution in [1.29, 1.82) is 0 Å². The maximum absolute atomic E-state index is 11.5. The first-order valence-electron chi connectivity index (χ1n) is 5.48. The summed E-state index contributed by atoms with van der Waals surface area (Å²) < 4.78 is 0.976. The zero-order valence-electron chi connectivity index (χ0n) is 9.20. The molecule has 2 N–H and O–H groups in total. The van der Waals surface area contributed by atoms with Crippen LogP contribution < -0.4 is 10.9 Å². The highest BCUT2D eigenvalue weighted by Gasteiger charge is 2.29. The number of hydrogen-bond acceptors (Lipinski definition) is 2. The largest absolute Gasteiger partial charge is 0.273 e. The van der Waals surface area contributed by atoms with Gasteiger partial charge in [0.25, 0.3) is 0 Å². The van der Waals surface area contributed by atoms with E-state index in [1.165, 1.54) is 0 Å². The lowest BCUT2D eigenvalue weighted by Gasteiger charge is -2.06. The maximum atomic E-state index is 11.5. The number of carbonyl (C=O) groups excluding carboxylic acids is 2. The Morgan fingerprint density at radius 1 is 1.18 bits per heavy atom. The van der Waals surface area contributed by atoms with Gasteiger partial charge in [0.05, 0.1) is 6.42 Å². The van der Waals surface area contributed by atoms with Crippen LogP contribution in [0.25, 0.3) is 0 Å². The number of halogens is 1. The summed E-state index contributed by atoms with van der Waals surface area (Å²) >= 11 is 3.33. The maximum Gasteiger partial charge on any atom is 0.242 e. The summed E-state index contributed by atoms with van der Waals surface area (Å²) in [5, 5.41) is 0. The van der Waals surface area contributed by atoms with Crippen LogP contribution in [0.5, 0.6) is 0 Å². The average molecular weight is 297 g/mol. The second-order valence-electron chi connectivity index (χ2n) is 4.11.